The number of nitrogens with two attached hydrogens (primary N) is 1. The quantitative estimate of drug-likeness (QED) is 0.761. The van der Waals surface area contributed by atoms with E-state index in [4.69, 9.17) is 5.73 Å². The lowest BCUT2D eigenvalue weighted by atomic mass is 10.1. The Bertz CT molecular complexity index is 530. The Morgan fingerprint density at radius 2 is 2.10 bits per heavy atom. The van der Waals surface area contributed by atoms with Crippen LogP contribution in [0.15, 0.2) is 18.2 Å². The second-order valence-electron chi connectivity index (χ2n) is 4.95. The van der Waals surface area contributed by atoms with E-state index in [0.717, 1.165) is 19.5 Å². The van der Waals surface area contributed by atoms with E-state index in [2.05, 4.69) is 5.32 Å². The molecule has 0 radical (unpaired) electrons. The van der Waals surface area contributed by atoms with Crippen molar-refractivity contribution in [3.8, 4) is 0 Å². The highest BCUT2D eigenvalue weighted by Crippen LogP contribution is 2.25. The Balaban J connectivity index is 2.37. The van der Waals surface area contributed by atoms with Gasteiger partial charge < -0.3 is 20.9 Å². The minimum atomic E-state index is -0.176. The van der Waals surface area contributed by atoms with E-state index in [1.54, 1.807) is 37.2 Å². The fourth-order valence-electron chi connectivity index (χ4n) is 2.33. The third-order valence-electron chi connectivity index (χ3n) is 3.51. The average Bonchev–Trinajstić information content (AvgIpc) is 2.60. The zero-order valence-corrected chi connectivity index (χ0v) is 11.8. The predicted octanol–water partition coefficient (Wildman–Crippen LogP) is 0.297. The fraction of sp³-hybridized carbons (Fsp3) is 0.429. The highest BCUT2D eigenvalue weighted by Gasteiger charge is 2.22. The summed E-state index contributed by atoms with van der Waals surface area (Å²) in [4.78, 5) is 27.6. The number of likely N-dealkylation sites (N-methyl/N-ethyl adjacent to an activating group) is 1. The number of hydrogen-bond donors (Lipinski definition) is 2. The van der Waals surface area contributed by atoms with Gasteiger partial charge in [0.2, 0.25) is 5.91 Å². The molecule has 2 rings (SSSR count). The van der Waals surface area contributed by atoms with Crippen molar-refractivity contribution in [3.63, 3.8) is 0 Å². The van der Waals surface area contributed by atoms with E-state index in [-0.39, 0.29) is 18.4 Å². The molecule has 0 bridgehead atoms. The maximum atomic E-state index is 12.0. The fourth-order valence-corrected chi connectivity index (χ4v) is 2.33. The standard InChI is InChI=1S/C14H20N4O2/c1-16-14(20)11-5-4-10(15)8-12(11)18-7-3-6-17(2)13(19)9-18/h4-5,8H,3,6-7,9,15H2,1-2H3,(H,16,20). The molecule has 108 valence electrons. The SMILES string of the molecule is CNC(=O)c1ccc(N)cc1N1CCCN(C)C(=O)C1. The van der Waals surface area contributed by atoms with Gasteiger partial charge in [-0.1, -0.05) is 0 Å². The molecule has 3 N–H and O–H groups in total. The smallest absolute Gasteiger partial charge is 0.253 e. The lowest BCUT2D eigenvalue weighted by Crippen LogP contribution is -2.35. The third kappa shape index (κ3) is 2.84. The molecular weight excluding hydrogens is 256 g/mol. The van der Waals surface area contributed by atoms with Crippen molar-refractivity contribution in [2.75, 3.05) is 44.4 Å². The van der Waals surface area contributed by atoms with Gasteiger partial charge in [-0.2, -0.15) is 0 Å². The molecule has 1 heterocycles. The lowest BCUT2D eigenvalue weighted by molar-refractivity contribution is -0.127. The van der Waals surface area contributed by atoms with Crippen LogP contribution in [-0.2, 0) is 4.79 Å². The summed E-state index contributed by atoms with van der Waals surface area (Å²) < 4.78 is 0. The minimum Gasteiger partial charge on any atom is -0.399 e. The zero-order chi connectivity index (χ0) is 14.7. The first kappa shape index (κ1) is 14.2. The molecule has 1 aromatic rings. The van der Waals surface area contributed by atoms with E-state index in [0.29, 0.717) is 16.9 Å². The number of nitrogens with one attached hydrogen (secondary N) is 1. The summed E-state index contributed by atoms with van der Waals surface area (Å²) in [6, 6.07) is 5.14. The van der Waals surface area contributed by atoms with Crippen LogP contribution in [0.25, 0.3) is 0 Å². The number of anilines is 2. The van der Waals surface area contributed by atoms with Gasteiger partial charge in [0, 0.05) is 32.9 Å². The molecule has 6 nitrogen and oxygen atoms in total. The molecule has 6 heteroatoms. The van der Waals surface area contributed by atoms with Crippen molar-refractivity contribution in [2.24, 2.45) is 0 Å². The van der Waals surface area contributed by atoms with Gasteiger partial charge in [0.05, 0.1) is 17.8 Å². The molecular formula is C14H20N4O2. The van der Waals surface area contributed by atoms with Gasteiger partial charge in [-0.15, -0.1) is 0 Å². The maximum Gasteiger partial charge on any atom is 0.253 e. The number of hydrogen-bond acceptors (Lipinski definition) is 4. The van der Waals surface area contributed by atoms with Gasteiger partial charge in [0.15, 0.2) is 0 Å². The molecule has 1 saturated heterocycles. The van der Waals surface area contributed by atoms with Crippen LogP contribution in [0.1, 0.15) is 16.8 Å². The molecule has 1 aliphatic rings. The van der Waals surface area contributed by atoms with Crippen LogP contribution in [0, 0.1) is 0 Å². The van der Waals surface area contributed by atoms with E-state index in [1.807, 2.05) is 4.90 Å². The number of nitrogen functional groups attached to an aromatic ring is 1. The Hall–Kier alpha value is -2.24. The monoisotopic (exact) mass is 276 g/mol. The summed E-state index contributed by atoms with van der Waals surface area (Å²) in [6.45, 7) is 1.72. The topological polar surface area (TPSA) is 78.7 Å². The van der Waals surface area contributed by atoms with Crippen molar-refractivity contribution < 1.29 is 9.59 Å². The maximum absolute atomic E-state index is 12.0. The van der Waals surface area contributed by atoms with Crippen molar-refractivity contribution in [1.29, 1.82) is 0 Å². The number of nitrogens with zero attached hydrogens (tertiary/aromatic N) is 2. The summed E-state index contributed by atoms with van der Waals surface area (Å²) in [5.74, 6) is -0.127. The van der Waals surface area contributed by atoms with Crippen molar-refractivity contribution >= 4 is 23.2 Å². The van der Waals surface area contributed by atoms with Crippen LogP contribution < -0.4 is 16.0 Å². The van der Waals surface area contributed by atoms with Crippen molar-refractivity contribution in [3.05, 3.63) is 23.8 Å². The molecule has 0 atom stereocenters. The first-order valence-corrected chi connectivity index (χ1v) is 6.63. The molecule has 0 unspecified atom stereocenters. The number of carbonyl (C=O) groups is 2. The Labute approximate surface area is 118 Å². The molecule has 0 aliphatic carbocycles. The molecule has 1 aromatic carbocycles. The van der Waals surface area contributed by atoms with Crippen LogP contribution in [0.2, 0.25) is 0 Å². The molecule has 1 aliphatic heterocycles. The van der Waals surface area contributed by atoms with E-state index in [1.165, 1.54) is 0 Å². The summed E-state index contributed by atoms with van der Waals surface area (Å²) in [5, 5.41) is 2.61. The summed E-state index contributed by atoms with van der Waals surface area (Å²) in [6.07, 6.45) is 0.865. The van der Waals surface area contributed by atoms with Crippen LogP contribution in [0.5, 0.6) is 0 Å². The molecule has 0 saturated carbocycles. The van der Waals surface area contributed by atoms with E-state index >= 15 is 0 Å². The first-order chi connectivity index (χ1) is 9.52. The van der Waals surface area contributed by atoms with Crippen LogP contribution in [0.4, 0.5) is 11.4 Å². The molecule has 20 heavy (non-hydrogen) atoms. The second-order valence-corrected chi connectivity index (χ2v) is 4.95. The Morgan fingerprint density at radius 3 is 2.80 bits per heavy atom. The van der Waals surface area contributed by atoms with Crippen LogP contribution >= 0.6 is 0 Å². The van der Waals surface area contributed by atoms with Crippen molar-refractivity contribution in [1.82, 2.24) is 10.2 Å². The summed E-state index contributed by atoms with van der Waals surface area (Å²) in [5.41, 5.74) is 7.66. The zero-order valence-electron chi connectivity index (χ0n) is 11.8. The summed E-state index contributed by atoms with van der Waals surface area (Å²) in [7, 11) is 3.38. The third-order valence-corrected chi connectivity index (χ3v) is 3.51. The van der Waals surface area contributed by atoms with E-state index < -0.39 is 0 Å². The van der Waals surface area contributed by atoms with Gasteiger partial charge in [0.25, 0.3) is 5.91 Å². The molecule has 1 fully saturated rings. The normalized spacial score (nSPS) is 16.0. The van der Waals surface area contributed by atoms with Gasteiger partial charge in [-0.05, 0) is 24.6 Å². The van der Waals surface area contributed by atoms with Crippen LogP contribution in [-0.4, -0.2) is 50.4 Å². The number of amides is 2. The first-order valence-electron chi connectivity index (χ1n) is 6.63. The highest BCUT2D eigenvalue weighted by molar-refractivity contribution is 6.01. The lowest BCUT2D eigenvalue weighted by Gasteiger charge is -2.24. The molecule has 0 spiro atoms. The van der Waals surface area contributed by atoms with Gasteiger partial charge in [0.1, 0.15) is 0 Å². The van der Waals surface area contributed by atoms with Gasteiger partial charge in [-0.25, -0.2) is 0 Å². The van der Waals surface area contributed by atoms with Crippen LogP contribution in [0.3, 0.4) is 0 Å². The second kappa shape index (κ2) is 5.81. The number of rotatable bonds is 2. The minimum absolute atomic E-state index is 0.0489. The molecule has 0 aromatic heterocycles. The highest BCUT2D eigenvalue weighted by atomic mass is 16.2. The number of benzene rings is 1. The Kier molecular flexibility index (Phi) is 4.12. The largest absolute Gasteiger partial charge is 0.399 e. The van der Waals surface area contributed by atoms with Crippen molar-refractivity contribution in [2.45, 2.75) is 6.42 Å². The van der Waals surface area contributed by atoms with Gasteiger partial charge >= 0.3 is 0 Å². The Morgan fingerprint density at radius 1 is 1.35 bits per heavy atom. The number of carbonyl (C=O) groups excluding carboxylic acids is 2. The predicted molar refractivity (Wildman–Crippen MR) is 78.7 cm³/mol. The van der Waals surface area contributed by atoms with Gasteiger partial charge in [-0.3, -0.25) is 9.59 Å². The summed E-state index contributed by atoms with van der Waals surface area (Å²) >= 11 is 0. The average molecular weight is 276 g/mol. The molecule has 2 amide bonds. The van der Waals surface area contributed by atoms with E-state index in [9.17, 15) is 9.59 Å².